The molecular weight excluding hydrogens is 282 g/mol. The Morgan fingerprint density at radius 1 is 1.27 bits per heavy atom. The molecule has 6 nitrogen and oxygen atoms in total. The summed E-state index contributed by atoms with van der Waals surface area (Å²) in [5, 5.41) is 16.0. The molecule has 0 fully saturated rings. The lowest BCUT2D eigenvalue weighted by molar-refractivity contribution is -0.138. The smallest absolute Gasteiger partial charge is 0.326 e. The quantitative estimate of drug-likeness (QED) is 0.854. The average Bonchev–Trinajstić information content (AvgIpc) is 2.92. The largest absolute Gasteiger partial charge is 0.480 e. The van der Waals surface area contributed by atoms with Gasteiger partial charge in [0.05, 0.1) is 0 Å². The number of hydrogen-bond donors (Lipinski definition) is 2. The minimum atomic E-state index is -0.914. The third kappa shape index (κ3) is 3.58. The molecule has 0 radical (unpaired) electrons. The number of aliphatic carboxylic acids is 1. The van der Waals surface area contributed by atoms with Crippen LogP contribution in [0.4, 0.5) is 11.6 Å². The summed E-state index contributed by atoms with van der Waals surface area (Å²) in [4.78, 5) is 13.2. The van der Waals surface area contributed by atoms with E-state index in [9.17, 15) is 9.90 Å². The molecule has 0 unspecified atom stereocenters. The first-order valence-electron chi connectivity index (χ1n) is 7.12. The van der Waals surface area contributed by atoms with E-state index in [1.165, 1.54) is 0 Å². The number of carboxylic acid groups (broad SMARTS) is 1. The van der Waals surface area contributed by atoms with Crippen LogP contribution in [-0.2, 0) is 4.79 Å². The second kappa shape index (κ2) is 6.51. The van der Waals surface area contributed by atoms with Crippen molar-refractivity contribution in [2.24, 2.45) is 5.92 Å². The van der Waals surface area contributed by atoms with Crippen LogP contribution in [0.3, 0.4) is 0 Å². The number of carbonyl (C=O) groups is 1. The Hall–Kier alpha value is -2.50. The first-order chi connectivity index (χ1) is 10.4. The van der Waals surface area contributed by atoms with Crippen LogP contribution in [0.25, 0.3) is 11.3 Å². The van der Waals surface area contributed by atoms with Crippen LogP contribution in [-0.4, -0.2) is 36.4 Å². The molecule has 1 aromatic carbocycles. The normalized spacial score (nSPS) is 12.2. The van der Waals surface area contributed by atoms with E-state index in [0.29, 0.717) is 11.6 Å². The summed E-state index contributed by atoms with van der Waals surface area (Å²) in [7, 11) is 3.95. The van der Waals surface area contributed by atoms with E-state index in [-0.39, 0.29) is 5.92 Å². The van der Waals surface area contributed by atoms with Gasteiger partial charge in [0.2, 0.25) is 5.88 Å². The molecular formula is C16H21N3O3. The molecule has 2 aromatic rings. The summed E-state index contributed by atoms with van der Waals surface area (Å²) in [6.45, 7) is 3.67. The highest BCUT2D eigenvalue weighted by atomic mass is 16.5. The molecule has 0 bridgehead atoms. The zero-order valence-corrected chi connectivity index (χ0v) is 13.2. The minimum absolute atomic E-state index is 0.0644. The van der Waals surface area contributed by atoms with E-state index < -0.39 is 12.0 Å². The van der Waals surface area contributed by atoms with Crippen LogP contribution in [0, 0.1) is 5.92 Å². The third-order valence-corrected chi connectivity index (χ3v) is 3.42. The summed E-state index contributed by atoms with van der Waals surface area (Å²) in [6, 6.07) is 8.89. The van der Waals surface area contributed by atoms with Gasteiger partial charge in [0, 0.05) is 31.4 Å². The molecule has 2 N–H and O–H groups in total. The van der Waals surface area contributed by atoms with Crippen LogP contribution in [0.1, 0.15) is 13.8 Å². The van der Waals surface area contributed by atoms with Crippen molar-refractivity contribution in [1.82, 2.24) is 5.16 Å². The van der Waals surface area contributed by atoms with Gasteiger partial charge in [0.1, 0.15) is 11.7 Å². The van der Waals surface area contributed by atoms with E-state index >= 15 is 0 Å². The highest BCUT2D eigenvalue weighted by Crippen LogP contribution is 2.25. The molecule has 0 aliphatic carbocycles. The van der Waals surface area contributed by atoms with Crippen LogP contribution in [0.5, 0.6) is 0 Å². The maximum absolute atomic E-state index is 11.2. The molecule has 0 amide bonds. The standard InChI is InChI=1S/C16H21N3O3/c1-10(2)15(16(20)21)17-14-9-13(18-22-14)11-5-7-12(8-6-11)19(3)4/h5-10,15,17H,1-4H3,(H,20,21)/t15-/m0/s1. The zero-order valence-electron chi connectivity index (χ0n) is 13.2. The van der Waals surface area contributed by atoms with Gasteiger partial charge in [-0.2, -0.15) is 0 Å². The van der Waals surface area contributed by atoms with Gasteiger partial charge in [0.25, 0.3) is 0 Å². The van der Waals surface area contributed by atoms with Crippen molar-refractivity contribution in [3.05, 3.63) is 30.3 Å². The number of nitrogens with one attached hydrogen (secondary N) is 1. The summed E-state index contributed by atoms with van der Waals surface area (Å²) in [5.41, 5.74) is 2.68. The van der Waals surface area contributed by atoms with Gasteiger partial charge in [-0.1, -0.05) is 31.1 Å². The Balaban J connectivity index is 2.15. The number of benzene rings is 1. The molecule has 1 heterocycles. The van der Waals surface area contributed by atoms with Gasteiger partial charge in [-0.15, -0.1) is 0 Å². The second-order valence-electron chi connectivity index (χ2n) is 5.72. The van der Waals surface area contributed by atoms with Gasteiger partial charge < -0.3 is 19.8 Å². The highest BCUT2D eigenvalue weighted by molar-refractivity contribution is 5.77. The van der Waals surface area contributed by atoms with E-state index in [4.69, 9.17) is 4.52 Å². The minimum Gasteiger partial charge on any atom is -0.480 e. The lowest BCUT2D eigenvalue weighted by Crippen LogP contribution is -2.34. The van der Waals surface area contributed by atoms with Crippen molar-refractivity contribution in [2.75, 3.05) is 24.3 Å². The van der Waals surface area contributed by atoms with E-state index in [2.05, 4.69) is 10.5 Å². The lowest BCUT2D eigenvalue weighted by atomic mass is 10.1. The first-order valence-corrected chi connectivity index (χ1v) is 7.12. The number of anilines is 2. The molecule has 2 rings (SSSR count). The first kappa shape index (κ1) is 15.9. The van der Waals surface area contributed by atoms with Crippen LogP contribution < -0.4 is 10.2 Å². The summed E-state index contributed by atoms with van der Waals surface area (Å²) in [6.07, 6.45) is 0. The number of nitrogens with zero attached hydrogens (tertiary/aromatic N) is 2. The summed E-state index contributed by atoms with van der Waals surface area (Å²) in [5.74, 6) is -0.624. The van der Waals surface area contributed by atoms with Crippen molar-refractivity contribution in [2.45, 2.75) is 19.9 Å². The van der Waals surface area contributed by atoms with Crippen molar-refractivity contribution < 1.29 is 14.4 Å². The lowest BCUT2D eigenvalue weighted by Gasteiger charge is -2.16. The van der Waals surface area contributed by atoms with Crippen molar-refractivity contribution in [3.63, 3.8) is 0 Å². The predicted octanol–water partition coefficient (Wildman–Crippen LogP) is 2.93. The molecule has 6 heteroatoms. The fourth-order valence-corrected chi connectivity index (χ4v) is 2.08. The Morgan fingerprint density at radius 2 is 1.91 bits per heavy atom. The molecule has 0 aliphatic heterocycles. The molecule has 0 saturated heterocycles. The van der Waals surface area contributed by atoms with Gasteiger partial charge >= 0.3 is 5.97 Å². The molecule has 1 atom stereocenters. The highest BCUT2D eigenvalue weighted by Gasteiger charge is 2.22. The van der Waals surface area contributed by atoms with Gasteiger partial charge in [-0.25, -0.2) is 4.79 Å². The third-order valence-electron chi connectivity index (χ3n) is 3.42. The topological polar surface area (TPSA) is 78.6 Å². The van der Waals surface area contributed by atoms with Crippen LogP contribution >= 0.6 is 0 Å². The van der Waals surface area contributed by atoms with Crippen LogP contribution in [0.2, 0.25) is 0 Å². The molecule has 0 aliphatic rings. The van der Waals surface area contributed by atoms with Crippen molar-refractivity contribution in [1.29, 1.82) is 0 Å². The Morgan fingerprint density at radius 3 is 2.41 bits per heavy atom. The monoisotopic (exact) mass is 303 g/mol. The molecule has 0 saturated carbocycles. The van der Waals surface area contributed by atoms with E-state index in [0.717, 1.165) is 11.3 Å². The number of hydrogen-bond acceptors (Lipinski definition) is 5. The second-order valence-corrected chi connectivity index (χ2v) is 5.72. The van der Waals surface area contributed by atoms with Gasteiger partial charge in [0.15, 0.2) is 0 Å². The molecule has 0 spiro atoms. The van der Waals surface area contributed by atoms with E-state index in [1.54, 1.807) is 6.07 Å². The predicted molar refractivity (Wildman–Crippen MR) is 86.2 cm³/mol. The maximum Gasteiger partial charge on any atom is 0.326 e. The average molecular weight is 303 g/mol. The Kier molecular flexibility index (Phi) is 4.70. The number of aromatic nitrogens is 1. The van der Waals surface area contributed by atoms with Gasteiger partial charge in [-0.3, -0.25) is 0 Å². The Bertz CT molecular complexity index is 632. The zero-order chi connectivity index (χ0) is 16.3. The summed E-state index contributed by atoms with van der Waals surface area (Å²) >= 11 is 0. The fourth-order valence-electron chi connectivity index (χ4n) is 2.08. The Labute approximate surface area is 129 Å². The van der Waals surface area contributed by atoms with Crippen LogP contribution in [0.15, 0.2) is 34.9 Å². The number of rotatable bonds is 6. The van der Waals surface area contributed by atoms with Crippen molar-refractivity contribution in [3.8, 4) is 11.3 Å². The number of carboxylic acids is 1. The fraction of sp³-hybridized carbons (Fsp3) is 0.375. The van der Waals surface area contributed by atoms with E-state index in [1.807, 2.05) is 57.1 Å². The maximum atomic E-state index is 11.2. The molecule has 22 heavy (non-hydrogen) atoms. The summed E-state index contributed by atoms with van der Waals surface area (Å²) < 4.78 is 5.19. The molecule has 1 aromatic heterocycles. The SMILES string of the molecule is CC(C)[C@H](Nc1cc(-c2ccc(N(C)C)cc2)no1)C(=O)O. The van der Waals surface area contributed by atoms with Crippen molar-refractivity contribution >= 4 is 17.5 Å². The molecule has 118 valence electrons. The van der Waals surface area contributed by atoms with Gasteiger partial charge in [-0.05, 0) is 18.1 Å².